The van der Waals surface area contributed by atoms with Gasteiger partial charge in [0.15, 0.2) is 0 Å². The van der Waals surface area contributed by atoms with Crippen molar-refractivity contribution >= 4 is 0 Å². The standard InChI is InChI=1S/C14H19F3O2/c1-3-7-11(18)12(4-2)19-13-9-6-5-8-10(13)14(15,16)17/h5-6,8-9,11-12,18H,3-4,7H2,1-2H3. The summed E-state index contributed by atoms with van der Waals surface area (Å²) in [6, 6.07) is 5.07. The Labute approximate surface area is 111 Å². The molecule has 5 heteroatoms. The molecule has 2 nitrogen and oxygen atoms in total. The second-order valence-electron chi connectivity index (χ2n) is 4.41. The molecule has 0 saturated heterocycles. The summed E-state index contributed by atoms with van der Waals surface area (Å²) >= 11 is 0. The van der Waals surface area contributed by atoms with E-state index in [1.54, 1.807) is 6.92 Å². The first-order valence-electron chi connectivity index (χ1n) is 6.41. The summed E-state index contributed by atoms with van der Waals surface area (Å²) in [4.78, 5) is 0. The zero-order chi connectivity index (χ0) is 14.5. The van der Waals surface area contributed by atoms with Gasteiger partial charge in [-0.3, -0.25) is 0 Å². The molecule has 0 aromatic heterocycles. The fourth-order valence-corrected chi connectivity index (χ4v) is 1.88. The van der Waals surface area contributed by atoms with Crippen molar-refractivity contribution in [3.05, 3.63) is 29.8 Å². The first-order chi connectivity index (χ1) is 8.90. The second-order valence-corrected chi connectivity index (χ2v) is 4.41. The number of alkyl halides is 3. The number of hydrogen-bond acceptors (Lipinski definition) is 2. The minimum Gasteiger partial charge on any atom is -0.487 e. The molecule has 0 radical (unpaired) electrons. The van der Waals surface area contributed by atoms with Gasteiger partial charge in [0, 0.05) is 0 Å². The Balaban J connectivity index is 2.91. The van der Waals surface area contributed by atoms with Crippen molar-refractivity contribution in [1.29, 1.82) is 0 Å². The molecule has 1 N–H and O–H groups in total. The highest BCUT2D eigenvalue weighted by atomic mass is 19.4. The van der Waals surface area contributed by atoms with Gasteiger partial charge in [-0.15, -0.1) is 0 Å². The normalized spacial score (nSPS) is 15.1. The molecule has 19 heavy (non-hydrogen) atoms. The molecule has 2 unspecified atom stereocenters. The zero-order valence-corrected chi connectivity index (χ0v) is 11.1. The van der Waals surface area contributed by atoms with Crippen molar-refractivity contribution in [2.45, 2.75) is 51.5 Å². The van der Waals surface area contributed by atoms with Crippen LogP contribution in [0.15, 0.2) is 24.3 Å². The molecule has 0 heterocycles. The highest BCUT2D eigenvalue weighted by Gasteiger charge is 2.35. The molecule has 0 aliphatic carbocycles. The highest BCUT2D eigenvalue weighted by Crippen LogP contribution is 2.36. The molecule has 0 aliphatic rings. The van der Waals surface area contributed by atoms with Crippen molar-refractivity contribution in [2.24, 2.45) is 0 Å². The molecule has 0 spiro atoms. The van der Waals surface area contributed by atoms with Crippen molar-refractivity contribution in [3.63, 3.8) is 0 Å². The average Bonchev–Trinajstić information content (AvgIpc) is 2.35. The summed E-state index contributed by atoms with van der Waals surface area (Å²) in [5.41, 5.74) is -0.808. The van der Waals surface area contributed by atoms with E-state index in [0.29, 0.717) is 12.8 Å². The number of para-hydroxylation sites is 1. The summed E-state index contributed by atoms with van der Waals surface area (Å²) < 4.78 is 43.8. The molecule has 0 saturated carbocycles. The number of rotatable bonds is 6. The molecule has 0 fully saturated rings. The predicted octanol–water partition coefficient (Wildman–Crippen LogP) is 4.02. The van der Waals surface area contributed by atoms with E-state index >= 15 is 0 Å². The summed E-state index contributed by atoms with van der Waals surface area (Å²) in [5.74, 6) is -0.225. The van der Waals surface area contributed by atoms with E-state index in [-0.39, 0.29) is 5.75 Å². The lowest BCUT2D eigenvalue weighted by atomic mass is 10.1. The number of benzene rings is 1. The molecular weight excluding hydrogens is 257 g/mol. The Morgan fingerprint density at radius 2 is 1.84 bits per heavy atom. The Morgan fingerprint density at radius 1 is 1.21 bits per heavy atom. The van der Waals surface area contributed by atoms with Crippen LogP contribution in [-0.4, -0.2) is 17.3 Å². The van der Waals surface area contributed by atoms with Crippen LogP contribution in [0.1, 0.15) is 38.7 Å². The van der Waals surface area contributed by atoms with Crippen LogP contribution in [0.2, 0.25) is 0 Å². The number of ether oxygens (including phenoxy) is 1. The van der Waals surface area contributed by atoms with E-state index in [1.807, 2.05) is 6.92 Å². The van der Waals surface area contributed by atoms with E-state index < -0.39 is 23.9 Å². The van der Waals surface area contributed by atoms with Crippen LogP contribution in [0.4, 0.5) is 13.2 Å². The number of aliphatic hydroxyl groups excluding tert-OH is 1. The lowest BCUT2D eigenvalue weighted by Crippen LogP contribution is -2.31. The number of hydrogen-bond donors (Lipinski definition) is 1. The van der Waals surface area contributed by atoms with Gasteiger partial charge in [0.25, 0.3) is 0 Å². The lowest BCUT2D eigenvalue weighted by Gasteiger charge is -2.24. The third-order valence-corrected chi connectivity index (χ3v) is 2.89. The van der Waals surface area contributed by atoms with Crippen molar-refractivity contribution in [1.82, 2.24) is 0 Å². The first kappa shape index (κ1) is 15.8. The molecule has 2 atom stereocenters. The molecule has 1 rings (SSSR count). The van der Waals surface area contributed by atoms with Gasteiger partial charge in [0.2, 0.25) is 0 Å². The van der Waals surface area contributed by atoms with Gasteiger partial charge >= 0.3 is 6.18 Å². The van der Waals surface area contributed by atoms with Crippen molar-refractivity contribution < 1.29 is 23.0 Å². The van der Waals surface area contributed by atoms with Crippen LogP contribution in [0.3, 0.4) is 0 Å². The lowest BCUT2D eigenvalue weighted by molar-refractivity contribution is -0.139. The molecule has 1 aromatic carbocycles. The van der Waals surface area contributed by atoms with Crippen molar-refractivity contribution in [2.75, 3.05) is 0 Å². The maximum Gasteiger partial charge on any atom is 0.419 e. The summed E-state index contributed by atoms with van der Waals surface area (Å²) in [5, 5.41) is 9.86. The fraction of sp³-hybridized carbons (Fsp3) is 0.571. The largest absolute Gasteiger partial charge is 0.487 e. The van der Waals surface area contributed by atoms with Gasteiger partial charge < -0.3 is 9.84 Å². The van der Waals surface area contributed by atoms with Gasteiger partial charge in [0.1, 0.15) is 11.9 Å². The zero-order valence-electron chi connectivity index (χ0n) is 11.1. The van der Waals surface area contributed by atoms with Crippen LogP contribution in [0.5, 0.6) is 5.75 Å². The van der Waals surface area contributed by atoms with Crippen LogP contribution < -0.4 is 4.74 Å². The quantitative estimate of drug-likeness (QED) is 0.850. The maximum atomic E-state index is 12.8. The second kappa shape index (κ2) is 6.80. The van der Waals surface area contributed by atoms with Crippen LogP contribution in [-0.2, 0) is 6.18 Å². The topological polar surface area (TPSA) is 29.5 Å². The van der Waals surface area contributed by atoms with Crippen LogP contribution >= 0.6 is 0 Å². The van der Waals surface area contributed by atoms with Crippen molar-refractivity contribution in [3.8, 4) is 5.75 Å². The van der Waals surface area contributed by atoms with Gasteiger partial charge in [-0.2, -0.15) is 13.2 Å². The summed E-state index contributed by atoms with van der Waals surface area (Å²) in [7, 11) is 0. The molecule has 108 valence electrons. The Morgan fingerprint density at radius 3 is 2.37 bits per heavy atom. The summed E-state index contributed by atoms with van der Waals surface area (Å²) in [6.07, 6.45) is -4.12. The van der Waals surface area contributed by atoms with E-state index in [2.05, 4.69) is 0 Å². The smallest absolute Gasteiger partial charge is 0.419 e. The van der Waals surface area contributed by atoms with E-state index in [1.165, 1.54) is 18.2 Å². The molecular formula is C14H19F3O2. The van der Waals surface area contributed by atoms with Gasteiger partial charge in [-0.05, 0) is 25.0 Å². The molecule has 0 aliphatic heterocycles. The Bertz CT molecular complexity index is 391. The predicted molar refractivity (Wildman–Crippen MR) is 67.1 cm³/mol. The third kappa shape index (κ3) is 4.42. The van der Waals surface area contributed by atoms with Crippen LogP contribution in [0.25, 0.3) is 0 Å². The van der Waals surface area contributed by atoms with E-state index in [0.717, 1.165) is 12.5 Å². The number of halogens is 3. The maximum absolute atomic E-state index is 12.8. The third-order valence-electron chi connectivity index (χ3n) is 2.89. The molecule has 1 aromatic rings. The fourth-order valence-electron chi connectivity index (χ4n) is 1.88. The first-order valence-corrected chi connectivity index (χ1v) is 6.41. The Kier molecular flexibility index (Phi) is 5.66. The minimum atomic E-state index is -4.45. The minimum absolute atomic E-state index is 0.225. The summed E-state index contributed by atoms with van der Waals surface area (Å²) in [6.45, 7) is 3.68. The Hall–Kier alpha value is -1.23. The van der Waals surface area contributed by atoms with Crippen LogP contribution in [0, 0.1) is 0 Å². The van der Waals surface area contributed by atoms with E-state index in [9.17, 15) is 18.3 Å². The highest BCUT2D eigenvalue weighted by molar-refractivity contribution is 5.35. The van der Waals surface area contributed by atoms with Gasteiger partial charge in [-0.25, -0.2) is 0 Å². The van der Waals surface area contributed by atoms with Gasteiger partial charge in [-0.1, -0.05) is 32.4 Å². The van der Waals surface area contributed by atoms with Gasteiger partial charge in [0.05, 0.1) is 11.7 Å². The van der Waals surface area contributed by atoms with E-state index in [4.69, 9.17) is 4.74 Å². The number of aliphatic hydroxyl groups is 1. The molecule has 0 amide bonds. The molecule has 0 bridgehead atoms. The SMILES string of the molecule is CCCC(O)C(CC)Oc1ccccc1C(F)(F)F. The monoisotopic (exact) mass is 276 g/mol. The average molecular weight is 276 g/mol.